The zero-order chi connectivity index (χ0) is 24.2. The smallest absolute Gasteiger partial charge is 0.285 e. The molecule has 4 rings (SSSR count). The zero-order valence-electron chi connectivity index (χ0n) is 17.3. The number of amides is 2. The van der Waals surface area contributed by atoms with Crippen LogP contribution in [0.5, 0.6) is 5.75 Å². The van der Waals surface area contributed by atoms with Gasteiger partial charge in [-0.05, 0) is 78.5 Å². The van der Waals surface area contributed by atoms with Crippen LogP contribution in [-0.2, 0) is 11.4 Å². The molecule has 3 aromatic carbocycles. The van der Waals surface area contributed by atoms with Crippen LogP contribution in [0, 0.1) is 0 Å². The monoisotopic (exact) mass is 548 g/mol. The van der Waals surface area contributed by atoms with E-state index in [1.165, 1.54) is 0 Å². The number of thioether (sulfide) groups is 1. The lowest BCUT2D eigenvalue weighted by molar-refractivity contribution is -0.123. The number of carbonyl (C=O) groups is 2. The molecule has 1 aliphatic rings. The molecule has 34 heavy (non-hydrogen) atoms. The molecule has 5 nitrogen and oxygen atoms in total. The molecule has 1 aliphatic heterocycles. The lowest BCUT2D eigenvalue weighted by Crippen LogP contribution is -2.44. The molecule has 1 heterocycles. The number of hydrazine groups is 1. The molecule has 0 aromatic heterocycles. The van der Waals surface area contributed by atoms with E-state index in [-0.39, 0.29) is 10.9 Å². The molecule has 0 bridgehead atoms. The first kappa shape index (κ1) is 24.6. The fourth-order valence-electron chi connectivity index (χ4n) is 3.02. The van der Waals surface area contributed by atoms with Crippen LogP contribution in [0.4, 0.5) is 0 Å². The number of hydrogen-bond acceptors (Lipinski definition) is 5. The Morgan fingerprint density at radius 3 is 2.44 bits per heavy atom. The van der Waals surface area contributed by atoms with Gasteiger partial charge in [-0.2, -0.15) is 5.01 Å². The standard InChI is InChI=1S/C24H15Cl3N2O3S2/c25-17-6-4-15(5-7-17)22(30)28-29-23(31)21(34-24(29)33)12-16-11-19(27)8-9-20(16)32-13-14-2-1-3-18(26)10-14/h1-12H,13H2,(H,28,30)/b21-12+. The summed E-state index contributed by atoms with van der Waals surface area (Å²) in [7, 11) is 0. The molecule has 0 radical (unpaired) electrons. The van der Waals surface area contributed by atoms with Gasteiger partial charge < -0.3 is 4.74 Å². The fraction of sp³-hybridized carbons (Fsp3) is 0.0417. The number of nitrogens with one attached hydrogen (secondary N) is 1. The Bertz CT molecular complexity index is 1310. The second-order valence-corrected chi connectivity index (χ2v) is 10.1. The predicted octanol–water partition coefficient (Wildman–Crippen LogP) is 6.77. The first-order valence-corrected chi connectivity index (χ1v) is 12.2. The van der Waals surface area contributed by atoms with Crippen molar-refractivity contribution in [2.24, 2.45) is 0 Å². The number of ether oxygens (including phenoxy) is 1. The maximum absolute atomic E-state index is 13.0. The average Bonchev–Trinajstić information content (AvgIpc) is 3.06. The molecule has 0 saturated carbocycles. The quantitative estimate of drug-likeness (QED) is 0.272. The Kier molecular flexibility index (Phi) is 7.80. The maximum atomic E-state index is 13.0. The van der Waals surface area contributed by atoms with E-state index in [1.807, 2.05) is 18.2 Å². The molecule has 172 valence electrons. The summed E-state index contributed by atoms with van der Waals surface area (Å²) in [6.07, 6.45) is 1.63. The molecule has 1 N–H and O–H groups in total. The van der Waals surface area contributed by atoms with Crippen molar-refractivity contribution >= 4 is 81.0 Å². The van der Waals surface area contributed by atoms with Crippen LogP contribution in [0.1, 0.15) is 21.5 Å². The topological polar surface area (TPSA) is 58.6 Å². The Labute approximate surface area is 220 Å². The van der Waals surface area contributed by atoms with E-state index in [1.54, 1.807) is 54.6 Å². The van der Waals surface area contributed by atoms with Crippen molar-refractivity contribution < 1.29 is 14.3 Å². The van der Waals surface area contributed by atoms with Gasteiger partial charge in [0.1, 0.15) is 12.4 Å². The molecule has 1 fully saturated rings. The zero-order valence-corrected chi connectivity index (χ0v) is 21.2. The molecule has 2 amide bonds. The summed E-state index contributed by atoms with van der Waals surface area (Å²) in [5, 5.41) is 2.63. The Morgan fingerprint density at radius 2 is 1.71 bits per heavy atom. The predicted molar refractivity (Wildman–Crippen MR) is 141 cm³/mol. The van der Waals surface area contributed by atoms with Crippen LogP contribution < -0.4 is 10.2 Å². The van der Waals surface area contributed by atoms with Crippen LogP contribution in [-0.4, -0.2) is 21.1 Å². The third-order valence-electron chi connectivity index (χ3n) is 4.66. The highest BCUT2D eigenvalue weighted by atomic mass is 35.5. The molecule has 0 aliphatic carbocycles. The van der Waals surface area contributed by atoms with Crippen molar-refractivity contribution in [1.29, 1.82) is 0 Å². The SMILES string of the molecule is O=C(NN1C(=O)/C(=C\c2cc(Cl)ccc2OCc2cccc(Cl)c2)SC1=S)c1ccc(Cl)cc1. The summed E-state index contributed by atoms with van der Waals surface area (Å²) in [5.74, 6) is -0.416. The molecular formula is C24H15Cl3N2O3S2. The van der Waals surface area contributed by atoms with E-state index < -0.39 is 11.8 Å². The van der Waals surface area contributed by atoms with Gasteiger partial charge in [0.05, 0.1) is 4.91 Å². The lowest BCUT2D eigenvalue weighted by atomic mass is 10.1. The van der Waals surface area contributed by atoms with Gasteiger partial charge in [-0.1, -0.05) is 58.7 Å². The van der Waals surface area contributed by atoms with E-state index in [9.17, 15) is 9.59 Å². The highest BCUT2D eigenvalue weighted by Gasteiger charge is 2.34. The van der Waals surface area contributed by atoms with E-state index in [4.69, 9.17) is 51.8 Å². The molecule has 1 saturated heterocycles. The van der Waals surface area contributed by atoms with Crippen molar-refractivity contribution in [2.75, 3.05) is 0 Å². The Balaban J connectivity index is 1.52. The van der Waals surface area contributed by atoms with Gasteiger partial charge in [-0.15, -0.1) is 0 Å². The summed E-state index contributed by atoms with van der Waals surface area (Å²) in [4.78, 5) is 25.8. The van der Waals surface area contributed by atoms with Gasteiger partial charge in [0, 0.05) is 26.2 Å². The van der Waals surface area contributed by atoms with Crippen molar-refractivity contribution in [3.8, 4) is 5.75 Å². The molecule has 0 spiro atoms. The number of hydrogen-bond donors (Lipinski definition) is 1. The number of carbonyl (C=O) groups excluding carboxylic acids is 2. The highest BCUT2D eigenvalue weighted by molar-refractivity contribution is 8.26. The van der Waals surface area contributed by atoms with Gasteiger partial charge in [-0.25, -0.2) is 0 Å². The van der Waals surface area contributed by atoms with E-state index in [0.717, 1.165) is 22.3 Å². The third kappa shape index (κ3) is 5.92. The minimum Gasteiger partial charge on any atom is -0.488 e. The van der Waals surface area contributed by atoms with Crippen LogP contribution in [0.2, 0.25) is 15.1 Å². The highest BCUT2D eigenvalue weighted by Crippen LogP contribution is 2.34. The normalized spacial score (nSPS) is 14.6. The van der Waals surface area contributed by atoms with E-state index >= 15 is 0 Å². The minimum absolute atomic E-state index is 0.196. The third-order valence-corrected chi connectivity index (χ3v) is 6.68. The number of nitrogens with zero attached hydrogens (tertiary/aromatic N) is 1. The van der Waals surface area contributed by atoms with Crippen molar-refractivity contribution in [3.63, 3.8) is 0 Å². The molecule has 0 unspecified atom stereocenters. The Morgan fingerprint density at radius 1 is 1.00 bits per heavy atom. The minimum atomic E-state index is -0.484. The van der Waals surface area contributed by atoms with Crippen molar-refractivity contribution in [1.82, 2.24) is 10.4 Å². The van der Waals surface area contributed by atoms with Gasteiger partial charge in [-0.3, -0.25) is 15.0 Å². The molecule has 0 atom stereocenters. The van der Waals surface area contributed by atoms with E-state index in [2.05, 4.69) is 5.43 Å². The summed E-state index contributed by atoms with van der Waals surface area (Å²) in [5.41, 5.74) is 4.37. The second kappa shape index (κ2) is 10.8. The van der Waals surface area contributed by atoms with Crippen LogP contribution in [0.3, 0.4) is 0 Å². The van der Waals surface area contributed by atoms with Gasteiger partial charge in [0.25, 0.3) is 11.8 Å². The van der Waals surface area contributed by atoms with Crippen LogP contribution >= 0.6 is 58.8 Å². The van der Waals surface area contributed by atoms with Gasteiger partial charge in [0.2, 0.25) is 0 Å². The summed E-state index contributed by atoms with van der Waals surface area (Å²) in [6.45, 7) is 0.279. The van der Waals surface area contributed by atoms with Gasteiger partial charge >= 0.3 is 0 Å². The fourth-order valence-corrected chi connectivity index (χ4v) is 4.71. The van der Waals surface area contributed by atoms with Gasteiger partial charge in [0.15, 0.2) is 4.32 Å². The second-order valence-electron chi connectivity index (χ2n) is 7.07. The first-order valence-electron chi connectivity index (χ1n) is 9.81. The Hall–Kier alpha value is -2.55. The number of rotatable bonds is 6. The largest absolute Gasteiger partial charge is 0.488 e. The molecule has 10 heteroatoms. The number of thiocarbonyl (C=S) groups is 1. The van der Waals surface area contributed by atoms with Crippen LogP contribution in [0.25, 0.3) is 6.08 Å². The number of halogens is 3. The molecular weight excluding hydrogens is 535 g/mol. The molecule has 3 aromatic rings. The van der Waals surface area contributed by atoms with Crippen molar-refractivity contribution in [3.05, 3.63) is 103 Å². The summed E-state index contributed by atoms with van der Waals surface area (Å²) in [6, 6.07) is 18.7. The summed E-state index contributed by atoms with van der Waals surface area (Å²) >= 11 is 24.5. The van der Waals surface area contributed by atoms with Crippen LogP contribution in [0.15, 0.2) is 71.6 Å². The van der Waals surface area contributed by atoms with E-state index in [0.29, 0.717) is 36.8 Å². The lowest BCUT2D eigenvalue weighted by Gasteiger charge is -2.15. The van der Waals surface area contributed by atoms with Crippen molar-refractivity contribution in [2.45, 2.75) is 6.61 Å². The average molecular weight is 550 g/mol. The maximum Gasteiger partial charge on any atom is 0.285 e. The summed E-state index contributed by atoms with van der Waals surface area (Å²) < 4.78 is 6.15. The first-order chi connectivity index (χ1) is 16.3. The number of benzene rings is 3.